The lowest BCUT2D eigenvalue weighted by atomic mass is 10.2. The fourth-order valence-corrected chi connectivity index (χ4v) is 1.36. The van der Waals surface area contributed by atoms with Crippen molar-refractivity contribution in [1.29, 1.82) is 5.26 Å². The van der Waals surface area contributed by atoms with Gasteiger partial charge in [-0.1, -0.05) is 13.8 Å². The first-order chi connectivity index (χ1) is 6.62. The Morgan fingerprint density at radius 1 is 1.64 bits per heavy atom. The van der Waals surface area contributed by atoms with Crippen molar-refractivity contribution in [3.05, 3.63) is 18.0 Å². The second-order valence-corrected chi connectivity index (χ2v) is 4.27. The van der Waals surface area contributed by atoms with Crippen LogP contribution in [0.1, 0.15) is 26.0 Å². The first-order valence-corrected chi connectivity index (χ1v) is 4.61. The molecule has 0 spiro atoms. The molecule has 72 valence electrons. The molecule has 1 fully saturated rings. The van der Waals surface area contributed by atoms with Crippen molar-refractivity contribution in [1.82, 2.24) is 9.97 Å². The van der Waals surface area contributed by atoms with E-state index >= 15 is 0 Å². The van der Waals surface area contributed by atoms with Crippen molar-refractivity contribution in [2.75, 3.05) is 5.32 Å². The third-order valence-corrected chi connectivity index (χ3v) is 2.59. The molecule has 1 aromatic rings. The van der Waals surface area contributed by atoms with E-state index in [1.54, 1.807) is 12.3 Å². The summed E-state index contributed by atoms with van der Waals surface area (Å²) in [6, 6.07) is 4.03. The van der Waals surface area contributed by atoms with Gasteiger partial charge in [0.2, 0.25) is 5.95 Å². The monoisotopic (exact) mass is 188 g/mol. The molecule has 1 heterocycles. The van der Waals surface area contributed by atoms with Crippen LogP contribution >= 0.6 is 0 Å². The molecule has 0 aliphatic heterocycles. The van der Waals surface area contributed by atoms with Crippen LogP contribution in [0.25, 0.3) is 0 Å². The van der Waals surface area contributed by atoms with Gasteiger partial charge in [-0.3, -0.25) is 0 Å². The van der Waals surface area contributed by atoms with Crippen molar-refractivity contribution in [3.63, 3.8) is 0 Å². The maximum absolute atomic E-state index is 8.65. The molecule has 1 aromatic heterocycles. The normalized spacial score (nSPS) is 22.5. The molecule has 1 atom stereocenters. The summed E-state index contributed by atoms with van der Waals surface area (Å²) in [5.74, 6) is 0.555. The lowest BCUT2D eigenvalue weighted by Crippen LogP contribution is -2.11. The molecule has 1 aliphatic carbocycles. The van der Waals surface area contributed by atoms with Crippen LogP contribution in [0.5, 0.6) is 0 Å². The van der Waals surface area contributed by atoms with Gasteiger partial charge in [0.1, 0.15) is 11.8 Å². The van der Waals surface area contributed by atoms with Gasteiger partial charge in [-0.2, -0.15) is 5.26 Å². The molecule has 1 aliphatic rings. The molecule has 2 rings (SSSR count). The van der Waals surface area contributed by atoms with Crippen LogP contribution < -0.4 is 5.32 Å². The van der Waals surface area contributed by atoms with E-state index in [2.05, 4.69) is 29.1 Å². The Balaban J connectivity index is 2.08. The molecule has 1 saturated carbocycles. The summed E-state index contributed by atoms with van der Waals surface area (Å²) in [6.45, 7) is 4.39. The van der Waals surface area contributed by atoms with Crippen molar-refractivity contribution >= 4 is 5.95 Å². The van der Waals surface area contributed by atoms with Gasteiger partial charge in [0.25, 0.3) is 0 Å². The third kappa shape index (κ3) is 1.67. The average molecular weight is 188 g/mol. The Labute approximate surface area is 83.0 Å². The Bertz CT molecular complexity index is 391. The van der Waals surface area contributed by atoms with Gasteiger partial charge in [-0.05, 0) is 17.9 Å². The van der Waals surface area contributed by atoms with Crippen LogP contribution in [-0.2, 0) is 0 Å². The van der Waals surface area contributed by atoms with E-state index in [-0.39, 0.29) is 0 Å². The van der Waals surface area contributed by atoms with E-state index in [1.165, 1.54) is 0 Å². The summed E-state index contributed by atoms with van der Waals surface area (Å²) in [5.41, 5.74) is 0.743. The fraction of sp³-hybridized carbons (Fsp3) is 0.500. The van der Waals surface area contributed by atoms with Crippen LogP contribution in [0.15, 0.2) is 12.3 Å². The molecule has 4 nitrogen and oxygen atoms in total. The predicted octanol–water partition coefficient (Wildman–Crippen LogP) is 1.56. The summed E-state index contributed by atoms with van der Waals surface area (Å²) in [4.78, 5) is 8.11. The summed E-state index contributed by atoms with van der Waals surface area (Å²) >= 11 is 0. The summed E-state index contributed by atoms with van der Waals surface area (Å²) in [7, 11) is 0. The molecule has 0 bridgehead atoms. The van der Waals surface area contributed by atoms with Gasteiger partial charge in [-0.15, -0.1) is 0 Å². The Kier molecular flexibility index (Phi) is 1.88. The minimum absolute atomic E-state index is 0.339. The van der Waals surface area contributed by atoms with Crippen LogP contribution in [0.3, 0.4) is 0 Å². The summed E-state index contributed by atoms with van der Waals surface area (Å²) in [5, 5.41) is 11.9. The number of aromatic nitrogens is 2. The van der Waals surface area contributed by atoms with Gasteiger partial charge in [0, 0.05) is 12.2 Å². The van der Waals surface area contributed by atoms with Gasteiger partial charge < -0.3 is 5.32 Å². The number of rotatable bonds is 2. The second kappa shape index (κ2) is 2.95. The van der Waals surface area contributed by atoms with Gasteiger partial charge in [0.15, 0.2) is 0 Å². The van der Waals surface area contributed by atoms with Gasteiger partial charge >= 0.3 is 0 Å². The number of hydrogen-bond acceptors (Lipinski definition) is 4. The highest BCUT2D eigenvalue weighted by atomic mass is 15.1. The van der Waals surface area contributed by atoms with Crippen LogP contribution in [0, 0.1) is 16.7 Å². The summed E-state index contributed by atoms with van der Waals surface area (Å²) in [6.07, 6.45) is 2.73. The second-order valence-electron chi connectivity index (χ2n) is 4.27. The zero-order valence-electron chi connectivity index (χ0n) is 8.28. The van der Waals surface area contributed by atoms with Gasteiger partial charge in [0.05, 0.1) is 0 Å². The highest BCUT2D eigenvalue weighted by molar-refractivity contribution is 5.34. The van der Waals surface area contributed by atoms with Crippen LogP contribution in [0.4, 0.5) is 5.95 Å². The SMILES string of the molecule is CC1(C)CC1Nc1nccc(C#N)n1. The maximum Gasteiger partial charge on any atom is 0.224 e. The maximum atomic E-state index is 8.65. The molecule has 1 unspecified atom stereocenters. The molecule has 1 N–H and O–H groups in total. The number of nitrogens with one attached hydrogen (secondary N) is 1. The Morgan fingerprint density at radius 3 is 2.93 bits per heavy atom. The van der Waals surface area contributed by atoms with Crippen LogP contribution in [0.2, 0.25) is 0 Å². The Hall–Kier alpha value is -1.63. The van der Waals surface area contributed by atoms with E-state index in [4.69, 9.17) is 5.26 Å². The molecule has 4 heteroatoms. The lowest BCUT2D eigenvalue weighted by Gasteiger charge is -2.05. The van der Waals surface area contributed by atoms with E-state index < -0.39 is 0 Å². The zero-order chi connectivity index (χ0) is 10.2. The minimum atomic E-state index is 0.339. The van der Waals surface area contributed by atoms with Crippen LogP contribution in [-0.4, -0.2) is 16.0 Å². The first-order valence-electron chi connectivity index (χ1n) is 4.61. The van der Waals surface area contributed by atoms with Crippen molar-refractivity contribution < 1.29 is 0 Å². The number of hydrogen-bond donors (Lipinski definition) is 1. The van der Waals surface area contributed by atoms with Crippen molar-refractivity contribution in [2.24, 2.45) is 5.41 Å². The van der Waals surface area contributed by atoms with E-state index in [0.717, 1.165) is 6.42 Å². The Morgan fingerprint density at radius 2 is 2.36 bits per heavy atom. The molecule has 0 saturated heterocycles. The number of nitrogens with zero attached hydrogens (tertiary/aromatic N) is 3. The largest absolute Gasteiger partial charge is 0.351 e. The standard InChI is InChI=1S/C10H12N4/c1-10(2)5-8(10)14-9-12-4-3-7(6-11)13-9/h3-4,8H,5H2,1-2H3,(H,12,13,14). The quantitative estimate of drug-likeness (QED) is 0.765. The first kappa shape index (κ1) is 8.95. The third-order valence-electron chi connectivity index (χ3n) is 2.59. The predicted molar refractivity (Wildman–Crippen MR) is 52.6 cm³/mol. The fourth-order valence-electron chi connectivity index (χ4n) is 1.36. The van der Waals surface area contributed by atoms with Crippen molar-refractivity contribution in [3.8, 4) is 6.07 Å². The van der Waals surface area contributed by atoms with E-state index in [0.29, 0.717) is 23.1 Å². The summed E-state index contributed by atoms with van der Waals surface area (Å²) < 4.78 is 0. The van der Waals surface area contributed by atoms with Crippen molar-refractivity contribution in [2.45, 2.75) is 26.3 Å². The molecule has 0 aromatic carbocycles. The number of nitriles is 1. The lowest BCUT2D eigenvalue weighted by molar-refractivity contribution is 0.629. The average Bonchev–Trinajstić information content (AvgIpc) is 2.74. The molecular weight excluding hydrogens is 176 g/mol. The molecule has 14 heavy (non-hydrogen) atoms. The van der Waals surface area contributed by atoms with E-state index in [1.807, 2.05) is 6.07 Å². The van der Waals surface area contributed by atoms with Gasteiger partial charge in [-0.25, -0.2) is 9.97 Å². The highest BCUT2D eigenvalue weighted by Gasteiger charge is 2.46. The molecule has 0 radical (unpaired) electrons. The molecular formula is C10H12N4. The zero-order valence-corrected chi connectivity index (χ0v) is 8.28. The highest BCUT2D eigenvalue weighted by Crippen LogP contribution is 2.46. The number of anilines is 1. The topological polar surface area (TPSA) is 61.6 Å². The van der Waals surface area contributed by atoms with E-state index in [9.17, 15) is 0 Å². The molecule has 0 amide bonds. The smallest absolute Gasteiger partial charge is 0.224 e. The minimum Gasteiger partial charge on any atom is -0.351 e.